The first-order valence-corrected chi connectivity index (χ1v) is 8.42. The van der Waals surface area contributed by atoms with Crippen LogP contribution in [0.1, 0.15) is 64.2 Å². The summed E-state index contributed by atoms with van der Waals surface area (Å²) in [6.45, 7) is 2.45. The van der Waals surface area contributed by atoms with Crippen LogP contribution in [0.15, 0.2) is 0 Å². The Hall–Kier alpha value is -0.120. The van der Waals surface area contributed by atoms with E-state index in [0.717, 1.165) is 6.42 Å². The minimum Gasteiger partial charge on any atom is -0.391 e. The summed E-state index contributed by atoms with van der Waals surface area (Å²) in [5.74, 6) is 0. The van der Waals surface area contributed by atoms with Gasteiger partial charge in [0, 0.05) is 6.04 Å². The second-order valence-electron chi connectivity index (χ2n) is 6.66. The predicted molar refractivity (Wildman–Crippen MR) is 76.2 cm³/mol. The molecule has 0 radical (unpaired) electrons. The minimum absolute atomic E-state index is 0.0307. The van der Waals surface area contributed by atoms with Crippen molar-refractivity contribution in [3.63, 3.8) is 0 Å². The van der Waals surface area contributed by atoms with Crippen molar-refractivity contribution in [2.24, 2.45) is 0 Å². The van der Waals surface area contributed by atoms with Crippen LogP contribution in [0.4, 0.5) is 0 Å². The molecule has 2 aliphatic heterocycles. The molecule has 0 aromatic rings. The maximum absolute atomic E-state index is 9.79. The molecule has 3 heteroatoms. The van der Waals surface area contributed by atoms with Crippen LogP contribution in [0, 0.1) is 0 Å². The molecule has 110 valence electrons. The summed E-state index contributed by atoms with van der Waals surface area (Å²) in [6, 6.07) is 0.501. The minimum atomic E-state index is -0.0307. The van der Waals surface area contributed by atoms with E-state index in [1.165, 1.54) is 70.9 Å². The first-order chi connectivity index (χ1) is 9.34. The molecule has 1 N–H and O–H groups in total. The molecule has 0 aromatic carbocycles. The molecule has 0 amide bonds. The maximum Gasteiger partial charge on any atom is 0.0841 e. The molecule has 2 saturated carbocycles. The number of nitrogens with zero attached hydrogens (tertiary/aromatic N) is 1. The highest BCUT2D eigenvalue weighted by Crippen LogP contribution is 2.35. The van der Waals surface area contributed by atoms with E-state index in [-0.39, 0.29) is 6.10 Å². The van der Waals surface area contributed by atoms with Gasteiger partial charge in [0.15, 0.2) is 0 Å². The summed E-state index contributed by atoms with van der Waals surface area (Å²) in [5.41, 5.74) is 0. The van der Waals surface area contributed by atoms with Crippen molar-refractivity contribution in [2.75, 3.05) is 13.1 Å². The highest BCUT2D eigenvalue weighted by Gasteiger charge is 2.39. The lowest BCUT2D eigenvalue weighted by atomic mass is 9.91. The fourth-order valence-electron chi connectivity index (χ4n) is 3.97. The Morgan fingerprint density at radius 2 is 1.32 bits per heavy atom. The van der Waals surface area contributed by atoms with Crippen molar-refractivity contribution < 1.29 is 9.84 Å². The van der Waals surface area contributed by atoms with E-state index in [4.69, 9.17) is 4.74 Å². The molecule has 19 heavy (non-hydrogen) atoms. The van der Waals surface area contributed by atoms with E-state index in [0.29, 0.717) is 18.2 Å². The molecule has 0 spiro atoms. The van der Waals surface area contributed by atoms with Crippen LogP contribution >= 0.6 is 0 Å². The molecule has 0 aromatic heterocycles. The van der Waals surface area contributed by atoms with E-state index >= 15 is 0 Å². The van der Waals surface area contributed by atoms with Crippen molar-refractivity contribution in [1.29, 1.82) is 0 Å². The van der Waals surface area contributed by atoms with Crippen LogP contribution in [-0.4, -0.2) is 47.4 Å². The van der Waals surface area contributed by atoms with Crippen molar-refractivity contribution in [2.45, 2.75) is 88.6 Å². The monoisotopic (exact) mass is 267 g/mol. The number of hydrogen-bond acceptors (Lipinski definition) is 3. The number of aliphatic hydroxyl groups excluding tert-OH is 1. The molecule has 0 bridgehead atoms. The predicted octanol–water partition coefficient (Wildman–Crippen LogP) is 2.71. The van der Waals surface area contributed by atoms with Gasteiger partial charge in [0.1, 0.15) is 0 Å². The lowest BCUT2D eigenvalue weighted by Gasteiger charge is -2.34. The summed E-state index contributed by atoms with van der Waals surface area (Å²) in [5, 5.41) is 9.79. The maximum atomic E-state index is 9.79. The van der Waals surface area contributed by atoms with E-state index in [1.807, 2.05) is 0 Å². The zero-order valence-corrected chi connectivity index (χ0v) is 12.1. The molecule has 4 fully saturated rings. The highest BCUT2D eigenvalue weighted by atomic mass is 16.6. The van der Waals surface area contributed by atoms with Gasteiger partial charge in [-0.2, -0.15) is 0 Å². The van der Waals surface area contributed by atoms with Gasteiger partial charge in [-0.3, -0.25) is 4.90 Å². The fraction of sp³-hybridized carbons (Fsp3) is 1.00. The molecule has 4 rings (SSSR count). The van der Waals surface area contributed by atoms with Crippen LogP contribution in [0.25, 0.3) is 0 Å². The van der Waals surface area contributed by atoms with Gasteiger partial charge in [0.05, 0.1) is 18.3 Å². The summed E-state index contributed by atoms with van der Waals surface area (Å²) >= 11 is 0. The van der Waals surface area contributed by atoms with Gasteiger partial charge in [-0.1, -0.05) is 25.7 Å². The molecular weight excluding hydrogens is 238 g/mol. The summed E-state index contributed by atoms with van der Waals surface area (Å²) in [6.07, 6.45) is 14.3. The van der Waals surface area contributed by atoms with Gasteiger partial charge in [-0.05, 0) is 51.6 Å². The molecule has 3 nitrogen and oxygen atoms in total. The van der Waals surface area contributed by atoms with Crippen molar-refractivity contribution in [1.82, 2.24) is 4.90 Å². The van der Waals surface area contributed by atoms with Gasteiger partial charge in [0.2, 0.25) is 0 Å². The van der Waals surface area contributed by atoms with Crippen LogP contribution in [0.5, 0.6) is 0 Å². The lowest BCUT2D eigenvalue weighted by Crippen LogP contribution is -2.43. The number of likely N-dealkylation sites (tertiary alicyclic amines) is 1. The van der Waals surface area contributed by atoms with Gasteiger partial charge in [0.25, 0.3) is 0 Å². The number of aliphatic hydroxyl groups is 1. The van der Waals surface area contributed by atoms with Crippen LogP contribution in [0.2, 0.25) is 0 Å². The molecule has 4 aliphatic rings. The van der Waals surface area contributed by atoms with Crippen molar-refractivity contribution in [3.05, 3.63) is 0 Å². The lowest BCUT2D eigenvalue weighted by molar-refractivity contribution is 0.0312. The van der Waals surface area contributed by atoms with Crippen LogP contribution < -0.4 is 0 Å². The average molecular weight is 267 g/mol. The summed E-state index contributed by atoms with van der Waals surface area (Å²) < 4.78 is 5.28. The van der Waals surface area contributed by atoms with Crippen molar-refractivity contribution >= 4 is 0 Å². The fourth-order valence-corrected chi connectivity index (χ4v) is 3.97. The summed E-state index contributed by atoms with van der Waals surface area (Å²) in [7, 11) is 0. The second-order valence-corrected chi connectivity index (χ2v) is 6.66. The second kappa shape index (κ2) is 6.55. The molecule has 2 heterocycles. The van der Waals surface area contributed by atoms with Gasteiger partial charge < -0.3 is 9.84 Å². The van der Waals surface area contributed by atoms with E-state index < -0.39 is 0 Å². The highest BCUT2D eigenvalue weighted by molar-refractivity contribution is 4.88. The largest absolute Gasteiger partial charge is 0.391 e. The van der Waals surface area contributed by atoms with Crippen LogP contribution in [-0.2, 0) is 4.74 Å². The average Bonchev–Trinajstić information content (AvgIpc) is 3.04. The first kappa shape index (κ1) is 13.8. The molecular formula is C16H29NO2. The SMILES string of the molecule is C1CCC2OC2C1.OC1CCCCC1N1CCCC1. The van der Waals surface area contributed by atoms with Gasteiger partial charge >= 0.3 is 0 Å². The number of epoxide rings is 1. The Morgan fingerprint density at radius 1 is 0.737 bits per heavy atom. The van der Waals surface area contributed by atoms with Crippen molar-refractivity contribution in [3.8, 4) is 0 Å². The molecule has 4 unspecified atom stereocenters. The zero-order valence-electron chi connectivity index (χ0n) is 12.1. The molecule has 2 saturated heterocycles. The molecule has 4 atom stereocenters. The Morgan fingerprint density at radius 3 is 1.89 bits per heavy atom. The number of hydrogen-bond donors (Lipinski definition) is 1. The normalized spacial score (nSPS) is 42.2. The third-order valence-corrected chi connectivity index (χ3v) is 5.22. The molecule has 2 aliphatic carbocycles. The Balaban J connectivity index is 0.000000132. The number of rotatable bonds is 1. The van der Waals surface area contributed by atoms with E-state index in [9.17, 15) is 5.11 Å². The quantitative estimate of drug-likeness (QED) is 0.742. The van der Waals surface area contributed by atoms with Gasteiger partial charge in [-0.25, -0.2) is 0 Å². The Labute approximate surface area is 117 Å². The topological polar surface area (TPSA) is 36.0 Å². The van der Waals surface area contributed by atoms with E-state index in [1.54, 1.807) is 0 Å². The van der Waals surface area contributed by atoms with E-state index in [2.05, 4.69) is 4.90 Å². The Kier molecular flexibility index (Phi) is 4.78. The third kappa shape index (κ3) is 3.71. The third-order valence-electron chi connectivity index (χ3n) is 5.22. The van der Waals surface area contributed by atoms with Gasteiger partial charge in [-0.15, -0.1) is 0 Å². The Bertz CT molecular complexity index is 268. The number of ether oxygens (including phenoxy) is 1. The zero-order chi connectivity index (χ0) is 13.1. The smallest absolute Gasteiger partial charge is 0.0841 e. The summed E-state index contributed by atoms with van der Waals surface area (Å²) in [4.78, 5) is 2.49. The van der Waals surface area contributed by atoms with Crippen LogP contribution in [0.3, 0.4) is 0 Å². The standard InChI is InChI=1S/C10H19NO.C6H10O/c12-10-6-2-1-5-9(10)11-7-3-4-8-11;1-2-4-6-5(3-1)7-6/h9-10,12H,1-8H2;5-6H,1-4H2. The first-order valence-electron chi connectivity index (χ1n) is 8.42. The number of fused-ring (bicyclic) bond motifs is 1.